The van der Waals surface area contributed by atoms with Crippen LogP contribution in [-0.4, -0.2) is 70.1 Å². The van der Waals surface area contributed by atoms with Crippen molar-refractivity contribution in [3.8, 4) is 0 Å². The van der Waals surface area contributed by atoms with Crippen LogP contribution in [0.15, 0.2) is 18.2 Å². The molecule has 0 aromatic heterocycles. The minimum Gasteiger partial charge on any atom is -0.481 e. The van der Waals surface area contributed by atoms with Gasteiger partial charge in [-0.3, -0.25) is 24.0 Å². The first-order chi connectivity index (χ1) is 21.7. The first-order valence-corrected chi connectivity index (χ1v) is 16.7. The molecular formula is C34H55N5O7. The number of amides is 4. The smallest absolute Gasteiger partial charge is 0.303 e. The molecule has 2 rings (SSSR count). The molecule has 4 amide bonds. The van der Waals surface area contributed by atoms with Gasteiger partial charge in [0.2, 0.25) is 23.6 Å². The molecule has 0 spiro atoms. The lowest BCUT2D eigenvalue weighted by Crippen LogP contribution is -2.57. The standard InChI is InChI=1S/C34H55N5O7/c1-6-9-26(37-34(46)32(21(5)7-2)39-29(41)10-8-11-31(43)44)33(45)38-27(16-20(3)4)28(40)19-30(42)36-25-15-13-22-12-14-24(35)17-23(22)18-25/h12,14,17,20-21,25-28,32,40H,6-11,13,15-16,18-19,35H2,1-5H3,(H,36,42)(H,37,46)(H,38,45)(H,39,41)(H,43,44)/t21-,25-,26-,27-,28-,32-/m0/s1. The summed E-state index contributed by atoms with van der Waals surface area (Å²) in [6.45, 7) is 9.50. The van der Waals surface area contributed by atoms with Crippen LogP contribution in [0.1, 0.15) is 104 Å². The number of carbonyl (C=O) groups is 5. The van der Waals surface area contributed by atoms with E-state index in [1.165, 1.54) is 5.56 Å². The van der Waals surface area contributed by atoms with Crippen LogP contribution in [0.4, 0.5) is 5.69 Å². The molecule has 8 N–H and O–H groups in total. The molecule has 1 aromatic rings. The third kappa shape index (κ3) is 13.0. The van der Waals surface area contributed by atoms with Gasteiger partial charge >= 0.3 is 5.97 Å². The highest BCUT2D eigenvalue weighted by atomic mass is 16.4. The fraction of sp³-hybridized carbons (Fsp3) is 0.676. The summed E-state index contributed by atoms with van der Waals surface area (Å²) < 4.78 is 0. The Kier molecular flexibility index (Phi) is 16.0. The van der Waals surface area contributed by atoms with Crippen molar-refractivity contribution in [3.05, 3.63) is 29.3 Å². The minimum absolute atomic E-state index is 0.0313. The van der Waals surface area contributed by atoms with E-state index < -0.39 is 47.9 Å². The van der Waals surface area contributed by atoms with E-state index in [-0.39, 0.29) is 49.5 Å². The van der Waals surface area contributed by atoms with Crippen LogP contribution in [0, 0.1) is 11.8 Å². The largest absolute Gasteiger partial charge is 0.481 e. The number of aliphatic hydroxyl groups is 1. The molecule has 0 radical (unpaired) electrons. The van der Waals surface area contributed by atoms with E-state index >= 15 is 0 Å². The number of carboxylic acid groups (broad SMARTS) is 1. The number of aryl methyl sites for hydroxylation is 1. The Labute approximate surface area is 273 Å². The van der Waals surface area contributed by atoms with E-state index in [1.807, 2.05) is 52.8 Å². The van der Waals surface area contributed by atoms with Gasteiger partial charge < -0.3 is 37.2 Å². The lowest BCUT2D eigenvalue weighted by molar-refractivity contribution is -0.137. The molecular weight excluding hydrogens is 590 g/mol. The number of anilines is 1. The minimum atomic E-state index is -1.14. The highest BCUT2D eigenvalue weighted by Crippen LogP contribution is 2.24. The zero-order valence-electron chi connectivity index (χ0n) is 28.1. The summed E-state index contributed by atoms with van der Waals surface area (Å²) in [6, 6.07) is 3.21. The van der Waals surface area contributed by atoms with E-state index in [0.717, 1.165) is 18.4 Å². The van der Waals surface area contributed by atoms with Gasteiger partial charge in [0.15, 0.2) is 0 Å². The van der Waals surface area contributed by atoms with Gasteiger partial charge in [0.05, 0.1) is 18.6 Å². The number of nitrogens with two attached hydrogens (primary N) is 1. The average Bonchev–Trinajstić information content (AvgIpc) is 2.98. The third-order valence-corrected chi connectivity index (χ3v) is 8.55. The molecule has 1 aromatic carbocycles. The first kappa shape index (κ1) is 38.5. The van der Waals surface area contributed by atoms with Gasteiger partial charge in [-0.25, -0.2) is 0 Å². The van der Waals surface area contributed by atoms with Gasteiger partial charge in [0.1, 0.15) is 12.1 Å². The number of nitrogens with one attached hydrogen (secondary N) is 4. The number of fused-ring (bicyclic) bond motifs is 1. The Balaban J connectivity index is 2.04. The van der Waals surface area contributed by atoms with Crippen molar-refractivity contribution in [2.45, 2.75) is 136 Å². The summed E-state index contributed by atoms with van der Waals surface area (Å²) in [5, 5.41) is 31.4. The second-order valence-corrected chi connectivity index (χ2v) is 13.1. The number of carboxylic acids is 1. The second kappa shape index (κ2) is 19.1. The van der Waals surface area contributed by atoms with E-state index in [2.05, 4.69) is 21.3 Å². The number of hydrogen-bond acceptors (Lipinski definition) is 7. The zero-order chi connectivity index (χ0) is 34.4. The Bertz CT molecular complexity index is 1190. The van der Waals surface area contributed by atoms with Gasteiger partial charge in [-0.15, -0.1) is 0 Å². The number of aliphatic carboxylic acids is 1. The SMILES string of the molecule is CCC[C@H](NC(=O)[C@@H](NC(=O)CCCC(=O)O)[C@@H](C)CC)C(=O)N[C@@H](CC(C)C)[C@@H](O)CC(=O)N[C@H]1CCc2ccc(N)cc2C1. The quantitative estimate of drug-likeness (QED) is 0.111. The lowest BCUT2D eigenvalue weighted by atomic mass is 9.88. The maximum atomic E-state index is 13.5. The van der Waals surface area contributed by atoms with Crippen molar-refractivity contribution in [2.24, 2.45) is 11.8 Å². The molecule has 0 unspecified atom stereocenters. The number of aliphatic hydroxyl groups excluding tert-OH is 1. The van der Waals surface area contributed by atoms with Crippen LogP contribution < -0.4 is 27.0 Å². The monoisotopic (exact) mass is 645 g/mol. The Hall–Kier alpha value is -3.67. The van der Waals surface area contributed by atoms with Crippen molar-refractivity contribution in [3.63, 3.8) is 0 Å². The number of hydrogen-bond donors (Lipinski definition) is 7. The summed E-state index contributed by atoms with van der Waals surface area (Å²) in [4.78, 5) is 63.1. The predicted octanol–water partition coefficient (Wildman–Crippen LogP) is 2.59. The van der Waals surface area contributed by atoms with Crippen molar-refractivity contribution < 1.29 is 34.2 Å². The van der Waals surface area contributed by atoms with E-state index in [0.29, 0.717) is 37.8 Å². The topological polar surface area (TPSA) is 200 Å². The molecule has 46 heavy (non-hydrogen) atoms. The molecule has 0 saturated heterocycles. The van der Waals surface area contributed by atoms with Crippen LogP contribution in [0.2, 0.25) is 0 Å². The normalized spacial score (nSPS) is 17.5. The number of rotatable bonds is 19. The van der Waals surface area contributed by atoms with Gasteiger partial charge in [-0.1, -0.05) is 53.5 Å². The highest BCUT2D eigenvalue weighted by molar-refractivity contribution is 5.92. The number of benzene rings is 1. The van der Waals surface area contributed by atoms with Crippen LogP contribution in [0.5, 0.6) is 0 Å². The predicted molar refractivity (Wildman–Crippen MR) is 177 cm³/mol. The molecule has 12 nitrogen and oxygen atoms in total. The molecule has 0 heterocycles. The van der Waals surface area contributed by atoms with Gasteiger partial charge in [-0.2, -0.15) is 0 Å². The Morgan fingerprint density at radius 2 is 1.67 bits per heavy atom. The average molecular weight is 646 g/mol. The van der Waals surface area contributed by atoms with Crippen molar-refractivity contribution in [1.29, 1.82) is 0 Å². The van der Waals surface area contributed by atoms with E-state index in [4.69, 9.17) is 10.8 Å². The second-order valence-electron chi connectivity index (χ2n) is 13.1. The van der Waals surface area contributed by atoms with E-state index in [1.54, 1.807) is 0 Å². The molecule has 6 atom stereocenters. The molecule has 0 saturated carbocycles. The molecule has 0 bridgehead atoms. The maximum Gasteiger partial charge on any atom is 0.303 e. The molecule has 12 heteroatoms. The lowest BCUT2D eigenvalue weighted by Gasteiger charge is -2.30. The molecule has 0 fully saturated rings. The van der Waals surface area contributed by atoms with Crippen molar-refractivity contribution in [1.82, 2.24) is 21.3 Å². The molecule has 1 aliphatic carbocycles. The summed E-state index contributed by atoms with van der Waals surface area (Å²) >= 11 is 0. The number of carbonyl (C=O) groups excluding carboxylic acids is 4. The third-order valence-electron chi connectivity index (χ3n) is 8.55. The van der Waals surface area contributed by atoms with Crippen LogP contribution >= 0.6 is 0 Å². The molecule has 1 aliphatic rings. The summed E-state index contributed by atoms with van der Waals surface area (Å²) in [5.41, 5.74) is 8.95. The van der Waals surface area contributed by atoms with Crippen molar-refractivity contribution in [2.75, 3.05) is 5.73 Å². The van der Waals surface area contributed by atoms with Gasteiger partial charge in [0, 0.05) is 24.6 Å². The number of nitrogen functional groups attached to an aromatic ring is 1. The summed E-state index contributed by atoms with van der Waals surface area (Å²) in [7, 11) is 0. The van der Waals surface area contributed by atoms with Crippen molar-refractivity contribution >= 4 is 35.3 Å². The first-order valence-electron chi connectivity index (χ1n) is 16.7. The zero-order valence-corrected chi connectivity index (χ0v) is 28.1. The Morgan fingerprint density at radius 3 is 2.30 bits per heavy atom. The highest BCUT2D eigenvalue weighted by Gasteiger charge is 2.32. The van der Waals surface area contributed by atoms with Crippen LogP contribution in [-0.2, 0) is 36.8 Å². The maximum absolute atomic E-state index is 13.5. The summed E-state index contributed by atoms with van der Waals surface area (Å²) in [6.07, 6.45) is 2.83. The van der Waals surface area contributed by atoms with Crippen LogP contribution in [0.3, 0.4) is 0 Å². The van der Waals surface area contributed by atoms with Gasteiger partial charge in [-0.05, 0) is 73.6 Å². The fourth-order valence-corrected chi connectivity index (χ4v) is 5.79. The Morgan fingerprint density at radius 1 is 0.957 bits per heavy atom. The van der Waals surface area contributed by atoms with Crippen LogP contribution in [0.25, 0.3) is 0 Å². The molecule has 258 valence electrons. The van der Waals surface area contributed by atoms with E-state index in [9.17, 15) is 29.1 Å². The molecule has 0 aliphatic heterocycles. The van der Waals surface area contributed by atoms with Gasteiger partial charge in [0.25, 0.3) is 0 Å². The fourth-order valence-electron chi connectivity index (χ4n) is 5.79. The summed E-state index contributed by atoms with van der Waals surface area (Å²) in [5.74, 6) is -2.85.